The van der Waals surface area contributed by atoms with Gasteiger partial charge in [0, 0.05) is 17.3 Å². The van der Waals surface area contributed by atoms with Crippen molar-refractivity contribution in [3.63, 3.8) is 0 Å². The van der Waals surface area contributed by atoms with Gasteiger partial charge in [0.2, 0.25) is 11.8 Å². The maximum atomic E-state index is 13.5. The lowest BCUT2D eigenvalue weighted by Gasteiger charge is -2.16. The van der Waals surface area contributed by atoms with Crippen LogP contribution in [0.2, 0.25) is 0 Å². The SMILES string of the molecule is Cc1cc(-c2c(OCC(=O)NC3CC3)nc(N)nc2-c2ccc(F)cc2)cc(C(F)F)n1. The van der Waals surface area contributed by atoms with Crippen molar-refractivity contribution in [1.29, 1.82) is 0 Å². The minimum Gasteiger partial charge on any atom is -0.467 e. The number of hydrogen-bond donors (Lipinski definition) is 2. The summed E-state index contributed by atoms with van der Waals surface area (Å²) in [5.74, 6) is -0.984. The van der Waals surface area contributed by atoms with Crippen molar-refractivity contribution in [3.05, 3.63) is 53.6 Å². The molecule has 3 N–H and O–H groups in total. The number of carbonyl (C=O) groups excluding carboxylic acids is 1. The molecule has 1 fully saturated rings. The number of halogens is 3. The fraction of sp³-hybridized carbons (Fsp3) is 0.273. The number of aryl methyl sites for hydroxylation is 1. The summed E-state index contributed by atoms with van der Waals surface area (Å²) in [6, 6.07) is 8.36. The Morgan fingerprint density at radius 1 is 1.16 bits per heavy atom. The molecular weight excluding hydrogens is 423 g/mol. The second kappa shape index (κ2) is 8.81. The predicted octanol–water partition coefficient (Wildman–Crippen LogP) is 3.83. The number of nitrogens with two attached hydrogens (primary N) is 1. The lowest BCUT2D eigenvalue weighted by atomic mass is 9.99. The Hall–Kier alpha value is -3.69. The Balaban J connectivity index is 1.83. The van der Waals surface area contributed by atoms with Gasteiger partial charge in [0.05, 0.1) is 11.3 Å². The Labute approximate surface area is 181 Å². The summed E-state index contributed by atoms with van der Waals surface area (Å²) in [6.45, 7) is 1.24. The fourth-order valence-electron chi connectivity index (χ4n) is 3.22. The largest absolute Gasteiger partial charge is 0.467 e. The van der Waals surface area contributed by atoms with Crippen LogP contribution in [0.15, 0.2) is 36.4 Å². The molecule has 0 aliphatic heterocycles. The Morgan fingerprint density at radius 2 is 1.88 bits per heavy atom. The summed E-state index contributed by atoms with van der Waals surface area (Å²) in [7, 11) is 0. The standard InChI is InChI=1S/C22H20F3N5O2/c1-11-8-13(9-16(27-11)20(24)25)18-19(12-2-4-14(23)5-3-12)29-22(26)30-21(18)32-10-17(31)28-15-6-7-15/h2-5,8-9,15,20H,6-7,10H2,1H3,(H,28,31)(H2,26,29,30). The van der Waals surface area contributed by atoms with Crippen LogP contribution in [-0.4, -0.2) is 33.5 Å². The molecule has 0 atom stereocenters. The summed E-state index contributed by atoms with van der Waals surface area (Å²) in [5.41, 5.74) is 7.06. The number of alkyl halides is 2. The van der Waals surface area contributed by atoms with E-state index in [1.165, 1.54) is 30.3 Å². The van der Waals surface area contributed by atoms with Crippen LogP contribution in [0.1, 0.15) is 30.7 Å². The van der Waals surface area contributed by atoms with Gasteiger partial charge in [0.25, 0.3) is 12.3 Å². The van der Waals surface area contributed by atoms with Gasteiger partial charge in [-0.25, -0.2) is 18.2 Å². The highest BCUT2D eigenvalue weighted by molar-refractivity contribution is 5.85. The van der Waals surface area contributed by atoms with Gasteiger partial charge in [-0.1, -0.05) is 0 Å². The van der Waals surface area contributed by atoms with Crippen LogP contribution in [0.5, 0.6) is 5.88 Å². The van der Waals surface area contributed by atoms with E-state index in [2.05, 4.69) is 20.3 Å². The Morgan fingerprint density at radius 3 is 2.53 bits per heavy atom. The lowest BCUT2D eigenvalue weighted by molar-refractivity contribution is -0.123. The maximum Gasteiger partial charge on any atom is 0.280 e. The molecule has 4 rings (SSSR count). The number of aromatic nitrogens is 3. The molecule has 1 aliphatic rings. The van der Waals surface area contributed by atoms with Crippen molar-refractivity contribution in [3.8, 4) is 28.3 Å². The van der Waals surface area contributed by atoms with Crippen molar-refractivity contribution >= 4 is 11.9 Å². The van der Waals surface area contributed by atoms with Gasteiger partial charge in [0.15, 0.2) is 6.61 Å². The van der Waals surface area contributed by atoms with Gasteiger partial charge in [-0.2, -0.15) is 4.98 Å². The molecule has 1 saturated carbocycles. The molecule has 32 heavy (non-hydrogen) atoms. The van der Waals surface area contributed by atoms with Crippen LogP contribution < -0.4 is 15.8 Å². The van der Waals surface area contributed by atoms with Crippen molar-refractivity contribution in [2.24, 2.45) is 0 Å². The highest BCUT2D eigenvalue weighted by Gasteiger charge is 2.25. The molecule has 1 amide bonds. The Kier molecular flexibility index (Phi) is 5.93. The summed E-state index contributed by atoms with van der Waals surface area (Å²) < 4.78 is 46.0. The summed E-state index contributed by atoms with van der Waals surface area (Å²) >= 11 is 0. The molecule has 0 saturated heterocycles. The molecular formula is C22H20F3N5O2. The average Bonchev–Trinajstić information content (AvgIpc) is 3.55. The number of nitrogen functional groups attached to an aromatic ring is 1. The third-order valence-corrected chi connectivity index (χ3v) is 4.78. The molecule has 1 aromatic carbocycles. The number of nitrogens with one attached hydrogen (secondary N) is 1. The molecule has 2 heterocycles. The number of nitrogens with zero attached hydrogens (tertiary/aromatic N) is 3. The zero-order chi connectivity index (χ0) is 22.8. The van der Waals surface area contributed by atoms with Crippen molar-refractivity contribution in [1.82, 2.24) is 20.3 Å². The number of hydrogen-bond acceptors (Lipinski definition) is 6. The normalized spacial score (nSPS) is 13.3. The van der Waals surface area contributed by atoms with Crippen LogP contribution in [0, 0.1) is 12.7 Å². The first-order valence-electron chi connectivity index (χ1n) is 9.93. The molecule has 0 unspecified atom stereocenters. The Bertz CT molecular complexity index is 1150. The van der Waals surface area contributed by atoms with E-state index in [0.29, 0.717) is 16.8 Å². The smallest absolute Gasteiger partial charge is 0.280 e. The van der Waals surface area contributed by atoms with E-state index >= 15 is 0 Å². The average molecular weight is 443 g/mol. The molecule has 1 aliphatic carbocycles. The van der Waals surface area contributed by atoms with Crippen molar-refractivity contribution in [2.45, 2.75) is 32.2 Å². The minimum absolute atomic E-state index is 0.0476. The number of anilines is 1. The van der Waals surface area contributed by atoms with E-state index in [1.54, 1.807) is 13.0 Å². The molecule has 10 heteroatoms. The summed E-state index contributed by atoms with van der Waals surface area (Å²) in [4.78, 5) is 24.4. The monoisotopic (exact) mass is 443 g/mol. The number of carbonyl (C=O) groups is 1. The first kappa shape index (κ1) is 21.5. The second-order valence-electron chi connectivity index (χ2n) is 7.47. The molecule has 0 radical (unpaired) electrons. The zero-order valence-corrected chi connectivity index (χ0v) is 17.1. The molecule has 0 spiro atoms. The van der Waals surface area contributed by atoms with Crippen LogP contribution >= 0.6 is 0 Å². The molecule has 7 nitrogen and oxygen atoms in total. The quantitative estimate of drug-likeness (QED) is 0.575. The van der Waals surface area contributed by atoms with Crippen molar-refractivity contribution < 1.29 is 22.7 Å². The zero-order valence-electron chi connectivity index (χ0n) is 17.1. The minimum atomic E-state index is -2.80. The van der Waals surface area contributed by atoms with E-state index in [9.17, 15) is 18.0 Å². The highest BCUT2D eigenvalue weighted by atomic mass is 19.3. The number of pyridine rings is 1. The van der Waals surface area contributed by atoms with Gasteiger partial charge in [-0.05, 0) is 61.7 Å². The topological polar surface area (TPSA) is 103 Å². The van der Waals surface area contributed by atoms with Gasteiger partial charge >= 0.3 is 0 Å². The fourth-order valence-corrected chi connectivity index (χ4v) is 3.22. The first-order chi connectivity index (χ1) is 15.3. The van der Waals surface area contributed by atoms with Crippen LogP contribution in [0.4, 0.5) is 19.1 Å². The lowest BCUT2D eigenvalue weighted by Crippen LogP contribution is -2.30. The number of rotatable bonds is 7. The van der Waals surface area contributed by atoms with E-state index in [0.717, 1.165) is 12.8 Å². The van der Waals surface area contributed by atoms with Gasteiger partial charge in [-0.15, -0.1) is 0 Å². The van der Waals surface area contributed by atoms with Crippen LogP contribution in [0.25, 0.3) is 22.4 Å². The first-order valence-corrected chi connectivity index (χ1v) is 9.93. The van der Waals surface area contributed by atoms with E-state index in [1.807, 2.05) is 0 Å². The number of benzene rings is 1. The predicted molar refractivity (Wildman–Crippen MR) is 111 cm³/mol. The van der Waals surface area contributed by atoms with Gasteiger partial charge in [0.1, 0.15) is 11.5 Å². The van der Waals surface area contributed by atoms with Gasteiger partial charge < -0.3 is 15.8 Å². The summed E-state index contributed by atoms with van der Waals surface area (Å²) in [6.07, 6.45) is -0.969. The van der Waals surface area contributed by atoms with E-state index in [4.69, 9.17) is 10.5 Å². The second-order valence-corrected chi connectivity index (χ2v) is 7.47. The third kappa shape index (κ3) is 4.96. The van der Waals surface area contributed by atoms with E-state index in [-0.39, 0.29) is 41.6 Å². The highest BCUT2D eigenvalue weighted by Crippen LogP contribution is 2.39. The van der Waals surface area contributed by atoms with Crippen LogP contribution in [0.3, 0.4) is 0 Å². The summed E-state index contributed by atoms with van der Waals surface area (Å²) in [5, 5.41) is 2.79. The molecule has 3 aromatic rings. The molecule has 2 aromatic heterocycles. The molecule has 166 valence electrons. The van der Waals surface area contributed by atoms with Crippen molar-refractivity contribution in [2.75, 3.05) is 12.3 Å². The third-order valence-electron chi connectivity index (χ3n) is 4.78. The van der Waals surface area contributed by atoms with Gasteiger partial charge in [-0.3, -0.25) is 9.78 Å². The number of ether oxygens (including phenoxy) is 1. The van der Waals surface area contributed by atoms with E-state index < -0.39 is 17.9 Å². The molecule has 0 bridgehead atoms. The maximum absolute atomic E-state index is 13.5. The number of amides is 1. The van der Waals surface area contributed by atoms with Crippen LogP contribution in [-0.2, 0) is 4.79 Å².